The molecule has 0 saturated heterocycles. The van der Waals surface area contributed by atoms with Crippen LogP contribution in [0.25, 0.3) is 0 Å². The number of ether oxygens (including phenoxy) is 1. The van der Waals surface area contributed by atoms with Crippen LogP contribution in [0.15, 0.2) is 24.3 Å². The molecule has 18 heavy (non-hydrogen) atoms. The SMILES string of the molecule is C#CCCC(NCC)C1OCCc2ccccc21. The van der Waals surface area contributed by atoms with Gasteiger partial charge >= 0.3 is 0 Å². The van der Waals surface area contributed by atoms with E-state index in [1.54, 1.807) is 0 Å². The van der Waals surface area contributed by atoms with E-state index in [1.807, 2.05) is 0 Å². The van der Waals surface area contributed by atoms with Gasteiger partial charge in [-0.25, -0.2) is 0 Å². The lowest BCUT2D eigenvalue weighted by atomic mass is 9.91. The molecule has 0 aromatic heterocycles. The Bertz CT molecular complexity index is 421. The van der Waals surface area contributed by atoms with E-state index in [4.69, 9.17) is 11.2 Å². The van der Waals surface area contributed by atoms with E-state index in [-0.39, 0.29) is 6.10 Å². The number of likely N-dealkylation sites (N-methyl/N-ethyl adjacent to an activating group) is 1. The highest BCUT2D eigenvalue weighted by Crippen LogP contribution is 2.31. The lowest BCUT2D eigenvalue weighted by Gasteiger charge is -2.32. The standard InChI is InChI=1S/C16H21NO/c1-3-5-10-15(17-4-2)16-14-9-7-6-8-13(14)11-12-18-16/h1,6-9,15-17H,4-5,10-12H2,2H3. The van der Waals surface area contributed by atoms with Crippen molar-refractivity contribution >= 4 is 0 Å². The second-order valence-electron chi connectivity index (χ2n) is 4.65. The van der Waals surface area contributed by atoms with Gasteiger partial charge in [-0.1, -0.05) is 31.2 Å². The molecule has 96 valence electrons. The Morgan fingerprint density at radius 2 is 2.33 bits per heavy atom. The molecule has 1 aliphatic heterocycles. The van der Waals surface area contributed by atoms with Gasteiger partial charge in [-0.05, 0) is 30.5 Å². The molecular formula is C16H21NO. The molecule has 2 nitrogen and oxygen atoms in total. The summed E-state index contributed by atoms with van der Waals surface area (Å²) >= 11 is 0. The molecule has 2 unspecified atom stereocenters. The van der Waals surface area contributed by atoms with E-state index in [9.17, 15) is 0 Å². The Hall–Kier alpha value is -1.30. The number of fused-ring (bicyclic) bond motifs is 1. The van der Waals surface area contributed by atoms with Crippen LogP contribution >= 0.6 is 0 Å². The summed E-state index contributed by atoms with van der Waals surface area (Å²) in [5, 5.41) is 3.51. The molecule has 1 aliphatic rings. The first-order valence-electron chi connectivity index (χ1n) is 6.73. The Kier molecular flexibility index (Phi) is 4.81. The van der Waals surface area contributed by atoms with Crippen molar-refractivity contribution in [2.24, 2.45) is 0 Å². The van der Waals surface area contributed by atoms with Crippen LogP contribution in [0, 0.1) is 12.3 Å². The normalized spacial score (nSPS) is 19.9. The van der Waals surface area contributed by atoms with Crippen LogP contribution in [0.1, 0.15) is 37.0 Å². The zero-order chi connectivity index (χ0) is 12.8. The van der Waals surface area contributed by atoms with E-state index in [2.05, 4.69) is 42.4 Å². The van der Waals surface area contributed by atoms with E-state index < -0.39 is 0 Å². The first-order chi connectivity index (χ1) is 8.86. The van der Waals surface area contributed by atoms with Crippen molar-refractivity contribution in [2.75, 3.05) is 13.2 Å². The summed E-state index contributed by atoms with van der Waals surface area (Å²) in [6.45, 7) is 3.87. The highest BCUT2D eigenvalue weighted by molar-refractivity contribution is 5.32. The maximum Gasteiger partial charge on any atom is 0.0980 e. The number of hydrogen-bond acceptors (Lipinski definition) is 2. The Balaban J connectivity index is 2.18. The fourth-order valence-corrected chi connectivity index (χ4v) is 2.62. The van der Waals surface area contributed by atoms with Crippen molar-refractivity contribution < 1.29 is 4.74 Å². The number of benzene rings is 1. The minimum atomic E-state index is 0.142. The number of nitrogens with one attached hydrogen (secondary N) is 1. The van der Waals surface area contributed by atoms with Crippen molar-refractivity contribution in [2.45, 2.75) is 38.3 Å². The summed E-state index contributed by atoms with van der Waals surface area (Å²) in [4.78, 5) is 0. The molecular weight excluding hydrogens is 222 g/mol. The highest BCUT2D eigenvalue weighted by Gasteiger charge is 2.27. The molecule has 1 heterocycles. The lowest BCUT2D eigenvalue weighted by Crippen LogP contribution is -2.38. The second-order valence-corrected chi connectivity index (χ2v) is 4.65. The van der Waals surface area contributed by atoms with E-state index in [0.717, 1.165) is 32.4 Å². The summed E-state index contributed by atoms with van der Waals surface area (Å²) in [6.07, 6.45) is 8.29. The van der Waals surface area contributed by atoms with E-state index in [0.29, 0.717) is 6.04 Å². The van der Waals surface area contributed by atoms with Crippen molar-refractivity contribution in [1.29, 1.82) is 0 Å². The molecule has 0 fully saturated rings. The number of terminal acetylenes is 1. The van der Waals surface area contributed by atoms with Gasteiger partial charge in [0.05, 0.1) is 12.7 Å². The number of rotatable bonds is 5. The fraction of sp³-hybridized carbons (Fsp3) is 0.500. The predicted molar refractivity (Wildman–Crippen MR) is 74.4 cm³/mol. The zero-order valence-electron chi connectivity index (χ0n) is 11.0. The summed E-state index contributed by atoms with van der Waals surface area (Å²) < 4.78 is 5.99. The van der Waals surface area contributed by atoms with Crippen LogP contribution in [-0.4, -0.2) is 19.2 Å². The van der Waals surface area contributed by atoms with Crippen LogP contribution < -0.4 is 5.32 Å². The molecule has 1 aromatic carbocycles. The van der Waals surface area contributed by atoms with Crippen molar-refractivity contribution in [3.63, 3.8) is 0 Å². The van der Waals surface area contributed by atoms with Gasteiger partial charge in [-0.2, -0.15) is 0 Å². The number of hydrogen-bond donors (Lipinski definition) is 1. The van der Waals surface area contributed by atoms with Gasteiger partial charge in [0.25, 0.3) is 0 Å². The average Bonchev–Trinajstić information content (AvgIpc) is 2.43. The van der Waals surface area contributed by atoms with Crippen LogP contribution in [0.3, 0.4) is 0 Å². The van der Waals surface area contributed by atoms with Crippen molar-refractivity contribution in [3.05, 3.63) is 35.4 Å². The van der Waals surface area contributed by atoms with Crippen molar-refractivity contribution in [1.82, 2.24) is 5.32 Å². The van der Waals surface area contributed by atoms with Crippen LogP contribution in [0.5, 0.6) is 0 Å². The quantitative estimate of drug-likeness (QED) is 0.803. The van der Waals surface area contributed by atoms with Gasteiger partial charge in [0, 0.05) is 12.5 Å². The second kappa shape index (κ2) is 6.58. The van der Waals surface area contributed by atoms with Gasteiger partial charge in [0.2, 0.25) is 0 Å². The topological polar surface area (TPSA) is 21.3 Å². The van der Waals surface area contributed by atoms with Gasteiger partial charge < -0.3 is 10.1 Å². The molecule has 0 saturated carbocycles. The third-order valence-corrected chi connectivity index (χ3v) is 3.46. The Morgan fingerprint density at radius 3 is 3.11 bits per heavy atom. The first-order valence-corrected chi connectivity index (χ1v) is 6.73. The molecule has 0 spiro atoms. The largest absolute Gasteiger partial charge is 0.372 e. The monoisotopic (exact) mass is 243 g/mol. The summed E-state index contributed by atoms with van der Waals surface area (Å²) in [5.41, 5.74) is 2.74. The summed E-state index contributed by atoms with van der Waals surface area (Å²) in [5.74, 6) is 2.72. The van der Waals surface area contributed by atoms with Gasteiger partial charge in [0.1, 0.15) is 0 Å². The highest BCUT2D eigenvalue weighted by atomic mass is 16.5. The van der Waals surface area contributed by atoms with Gasteiger partial charge in [-0.3, -0.25) is 0 Å². The molecule has 1 N–H and O–H groups in total. The molecule has 0 bridgehead atoms. The smallest absolute Gasteiger partial charge is 0.0980 e. The lowest BCUT2D eigenvalue weighted by molar-refractivity contribution is 0.0140. The molecule has 0 radical (unpaired) electrons. The van der Waals surface area contributed by atoms with Crippen molar-refractivity contribution in [3.8, 4) is 12.3 Å². The van der Waals surface area contributed by atoms with Crippen LogP contribution in [-0.2, 0) is 11.2 Å². The Labute approximate surface area is 110 Å². The minimum absolute atomic E-state index is 0.142. The third-order valence-electron chi connectivity index (χ3n) is 3.46. The predicted octanol–water partition coefficient (Wildman–Crippen LogP) is 2.69. The molecule has 0 amide bonds. The molecule has 2 rings (SSSR count). The average molecular weight is 243 g/mol. The molecule has 0 aliphatic carbocycles. The molecule has 2 atom stereocenters. The van der Waals surface area contributed by atoms with E-state index >= 15 is 0 Å². The van der Waals surface area contributed by atoms with Gasteiger partial charge in [0.15, 0.2) is 0 Å². The summed E-state index contributed by atoms with van der Waals surface area (Å²) in [6, 6.07) is 8.89. The van der Waals surface area contributed by atoms with Gasteiger partial charge in [-0.15, -0.1) is 12.3 Å². The third kappa shape index (κ3) is 2.93. The maximum atomic E-state index is 5.99. The summed E-state index contributed by atoms with van der Waals surface area (Å²) in [7, 11) is 0. The zero-order valence-corrected chi connectivity index (χ0v) is 11.0. The van der Waals surface area contributed by atoms with Crippen LogP contribution in [0.2, 0.25) is 0 Å². The molecule has 1 aromatic rings. The van der Waals surface area contributed by atoms with Crippen LogP contribution in [0.4, 0.5) is 0 Å². The Morgan fingerprint density at radius 1 is 1.50 bits per heavy atom. The maximum absolute atomic E-state index is 5.99. The fourth-order valence-electron chi connectivity index (χ4n) is 2.62. The first kappa shape index (κ1) is 13.1. The van der Waals surface area contributed by atoms with E-state index in [1.165, 1.54) is 11.1 Å². The minimum Gasteiger partial charge on any atom is -0.372 e. The molecule has 2 heteroatoms.